The zero-order valence-corrected chi connectivity index (χ0v) is 14.7. The van der Waals surface area contributed by atoms with Crippen molar-refractivity contribution in [3.05, 3.63) is 23.9 Å². The summed E-state index contributed by atoms with van der Waals surface area (Å²) in [5.74, 6) is -1.18. The predicted molar refractivity (Wildman–Crippen MR) is 88.4 cm³/mol. The molecule has 1 aliphatic carbocycles. The van der Waals surface area contributed by atoms with Gasteiger partial charge in [-0.25, -0.2) is 22.9 Å². The second kappa shape index (κ2) is 6.72. The van der Waals surface area contributed by atoms with E-state index in [9.17, 15) is 23.1 Å². The summed E-state index contributed by atoms with van der Waals surface area (Å²) in [5.41, 5.74) is 0.201. The molecule has 1 aliphatic heterocycles. The molecule has 1 saturated carbocycles. The lowest BCUT2D eigenvalue weighted by molar-refractivity contribution is -0.141. The van der Waals surface area contributed by atoms with E-state index in [4.69, 9.17) is 0 Å². The highest BCUT2D eigenvalue weighted by Crippen LogP contribution is 2.40. The number of amides is 1. The Morgan fingerprint density at radius 1 is 1.28 bits per heavy atom. The Bertz CT molecular complexity index is 777. The largest absolute Gasteiger partial charge is 0.480 e. The predicted octanol–water partition coefficient (Wildman–Crippen LogP) is 0.848. The first kappa shape index (κ1) is 17.8. The summed E-state index contributed by atoms with van der Waals surface area (Å²) in [6.07, 6.45) is 5.46. The molecular formula is C16H21N3O5S. The molecule has 0 aromatic carbocycles. The standard InChI is InChI=1S/C16H21N3O5S/c1-17-25(23,24)14-7-6-11(9-18-14)15(20)19-12-5-3-2-4-10(12)8-13(19)16(21)22/h6-7,9-10,12-13,17H,2-5,8H2,1H3,(H,21,22). The smallest absolute Gasteiger partial charge is 0.326 e. The van der Waals surface area contributed by atoms with Gasteiger partial charge in [0.25, 0.3) is 15.9 Å². The molecule has 2 N–H and O–H groups in total. The van der Waals surface area contributed by atoms with Gasteiger partial charge in [0.2, 0.25) is 0 Å². The molecule has 0 spiro atoms. The van der Waals surface area contributed by atoms with Crippen molar-refractivity contribution in [3.63, 3.8) is 0 Å². The summed E-state index contributed by atoms with van der Waals surface area (Å²) in [6.45, 7) is 0. The number of aliphatic carboxylic acids is 1. The van der Waals surface area contributed by atoms with Gasteiger partial charge in [-0.2, -0.15) is 0 Å². The van der Waals surface area contributed by atoms with Crippen molar-refractivity contribution in [1.29, 1.82) is 0 Å². The summed E-state index contributed by atoms with van der Waals surface area (Å²) < 4.78 is 25.6. The maximum atomic E-state index is 12.9. The van der Waals surface area contributed by atoms with E-state index in [1.165, 1.54) is 30.3 Å². The number of nitrogens with one attached hydrogen (secondary N) is 1. The molecule has 8 nitrogen and oxygen atoms in total. The van der Waals surface area contributed by atoms with Gasteiger partial charge in [-0.05, 0) is 44.4 Å². The molecular weight excluding hydrogens is 346 g/mol. The Kier molecular flexibility index (Phi) is 4.79. The molecule has 3 unspecified atom stereocenters. The van der Waals surface area contributed by atoms with Gasteiger partial charge in [0.05, 0.1) is 5.56 Å². The first-order chi connectivity index (χ1) is 11.8. The van der Waals surface area contributed by atoms with Gasteiger partial charge in [0, 0.05) is 12.2 Å². The Morgan fingerprint density at radius 2 is 2.00 bits per heavy atom. The van der Waals surface area contributed by atoms with Crippen LogP contribution < -0.4 is 4.72 Å². The Hall–Kier alpha value is -2.00. The lowest BCUT2D eigenvalue weighted by atomic mass is 9.84. The van der Waals surface area contributed by atoms with Gasteiger partial charge in [-0.3, -0.25) is 4.79 Å². The molecule has 3 atom stereocenters. The fourth-order valence-electron chi connectivity index (χ4n) is 3.89. The number of aromatic nitrogens is 1. The molecule has 2 aliphatic rings. The molecule has 1 saturated heterocycles. The Morgan fingerprint density at radius 3 is 2.60 bits per heavy atom. The van der Waals surface area contributed by atoms with E-state index in [-0.39, 0.29) is 22.5 Å². The molecule has 1 aromatic rings. The monoisotopic (exact) mass is 367 g/mol. The van der Waals surface area contributed by atoms with Crippen LogP contribution >= 0.6 is 0 Å². The van der Waals surface area contributed by atoms with Crippen molar-refractivity contribution in [2.75, 3.05) is 7.05 Å². The topological polar surface area (TPSA) is 117 Å². The van der Waals surface area contributed by atoms with Gasteiger partial charge in [0.15, 0.2) is 5.03 Å². The number of rotatable bonds is 4. The van der Waals surface area contributed by atoms with Gasteiger partial charge in [-0.1, -0.05) is 12.8 Å². The molecule has 25 heavy (non-hydrogen) atoms. The molecule has 3 rings (SSSR count). The first-order valence-electron chi connectivity index (χ1n) is 8.30. The lowest BCUT2D eigenvalue weighted by Gasteiger charge is -2.33. The molecule has 0 radical (unpaired) electrons. The number of carboxylic acids is 1. The number of carbonyl (C=O) groups excluding carboxylic acids is 1. The second-order valence-electron chi connectivity index (χ2n) is 6.51. The summed E-state index contributed by atoms with van der Waals surface area (Å²) in [5, 5.41) is 9.33. The van der Waals surface area contributed by atoms with E-state index in [1.807, 2.05) is 0 Å². The summed E-state index contributed by atoms with van der Waals surface area (Å²) in [4.78, 5) is 29.8. The zero-order chi connectivity index (χ0) is 18.2. The number of pyridine rings is 1. The summed E-state index contributed by atoms with van der Waals surface area (Å²) in [6, 6.07) is 1.74. The van der Waals surface area contributed by atoms with Crippen molar-refractivity contribution >= 4 is 21.9 Å². The quantitative estimate of drug-likeness (QED) is 0.815. The zero-order valence-electron chi connectivity index (χ0n) is 13.9. The van der Waals surface area contributed by atoms with Crippen molar-refractivity contribution in [1.82, 2.24) is 14.6 Å². The minimum atomic E-state index is -3.68. The number of fused-ring (bicyclic) bond motifs is 1. The van der Waals surface area contributed by atoms with Gasteiger partial charge >= 0.3 is 5.97 Å². The van der Waals surface area contributed by atoms with E-state index in [0.717, 1.165) is 25.7 Å². The minimum Gasteiger partial charge on any atom is -0.480 e. The van der Waals surface area contributed by atoms with Crippen molar-refractivity contribution < 1.29 is 23.1 Å². The third kappa shape index (κ3) is 3.25. The second-order valence-corrected chi connectivity index (χ2v) is 8.34. The molecule has 2 fully saturated rings. The van der Waals surface area contributed by atoms with Gasteiger partial charge in [0.1, 0.15) is 6.04 Å². The van der Waals surface area contributed by atoms with Crippen LogP contribution in [-0.4, -0.2) is 54.4 Å². The number of hydrogen-bond donors (Lipinski definition) is 2. The van der Waals surface area contributed by atoms with Crippen LogP contribution in [0.4, 0.5) is 0 Å². The number of sulfonamides is 1. The molecule has 9 heteroatoms. The van der Waals surface area contributed by atoms with Crippen molar-refractivity contribution in [2.24, 2.45) is 5.92 Å². The van der Waals surface area contributed by atoms with Crippen LogP contribution in [0.1, 0.15) is 42.5 Å². The SMILES string of the molecule is CNS(=O)(=O)c1ccc(C(=O)N2C(C(=O)O)CC3CCCCC32)cn1. The summed E-state index contributed by atoms with van der Waals surface area (Å²) in [7, 11) is -2.40. The lowest BCUT2D eigenvalue weighted by Crippen LogP contribution is -2.46. The van der Waals surface area contributed by atoms with Crippen LogP contribution in [-0.2, 0) is 14.8 Å². The normalized spacial score (nSPS) is 26.3. The fraction of sp³-hybridized carbons (Fsp3) is 0.562. The highest BCUT2D eigenvalue weighted by Gasteiger charge is 2.47. The number of carboxylic acid groups (broad SMARTS) is 1. The average Bonchev–Trinajstić information content (AvgIpc) is 3.01. The Balaban J connectivity index is 1.89. The van der Waals surface area contributed by atoms with Crippen LogP contribution in [0.15, 0.2) is 23.4 Å². The maximum Gasteiger partial charge on any atom is 0.326 e. The number of nitrogens with zero attached hydrogens (tertiary/aromatic N) is 2. The van der Waals surface area contributed by atoms with Crippen molar-refractivity contribution in [2.45, 2.75) is 49.2 Å². The molecule has 2 heterocycles. The van der Waals surface area contributed by atoms with Crippen LogP contribution in [0.25, 0.3) is 0 Å². The number of likely N-dealkylation sites (tertiary alicyclic amines) is 1. The summed E-state index contributed by atoms with van der Waals surface area (Å²) >= 11 is 0. The Labute approximate surface area is 146 Å². The molecule has 1 aromatic heterocycles. The van der Waals surface area contributed by atoms with Crippen LogP contribution in [0.2, 0.25) is 0 Å². The molecule has 1 amide bonds. The van der Waals surface area contributed by atoms with E-state index in [2.05, 4.69) is 9.71 Å². The van der Waals surface area contributed by atoms with Crippen LogP contribution in [0.3, 0.4) is 0 Å². The third-order valence-electron chi connectivity index (χ3n) is 5.13. The average molecular weight is 367 g/mol. The minimum absolute atomic E-state index is 0.0666. The molecule has 136 valence electrons. The highest BCUT2D eigenvalue weighted by molar-refractivity contribution is 7.89. The maximum absolute atomic E-state index is 12.9. The van der Waals surface area contributed by atoms with Crippen LogP contribution in [0.5, 0.6) is 0 Å². The van der Waals surface area contributed by atoms with Crippen LogP contribution in [0, 0.1) is 5.92 Å². The van der Waals surface area contributed by atoms with E-state index < -0.39 is 27.9 Å². The number of hydrogen-bond acceptors (Lipinski definition) is 5. The van der Waals surface area contributed by atoms with Gasteiger partial charge < -0.3 is 10.0 Å². The van der Waals surface area contributed by atoms with Gasteiger partial charge in [-0.15, -0.1) is 0 Å². The first-order valence-corrected chi connectivity index (χ1v) is 9.78. The highest BCUT2D eigenvalue weighted by atomic mass is 32.2. The van der Waals surface area contributed by atoms with E-state index >= 15 is 0 Å². The van der Waals surface area contributed by atoms with Crippen molar-refractivity contribution in [3.8, 4) is 0 Å². The van der Waals surface area contributed by atoms with E-state index in [1.54, 1.807) is 0 Å². The molecule has 0 bridgehead atoms. The third-order valence-corrected chi connectivity index (χ3v) is 6.46. The fourth-order valence-corrected chi connectivity index (χ4v) is 4.54. The van der Waals surface area contributed by atoms with E-state index in [0.29, 0.717) is 6.42 Å². The number of carbonyl (C=O) groups is 2.